The Hall–Kier alpha value is -2.12. The molecular weight excluding hydrogens is 316 g/mol. The summed E-state index contributed by atoms with van der Waals surface area (Å²) in [5.41, 5.74) is 3.46. The van der Waals surface area contributed by atoms with Gasteiger partial charge in [0.2, 0.25) is 0 Å². The third kappa shape index (κ3) is 4.29. The number of methoxy groups -OCH3 is 1. The predicted octanol–water partition coefficient (Wildman–Crippen LogP) is 1.98. The van der Waals surface area contributed by atoms with Crippen LogP contribution in [0.15, 0.2) is 18.6 Å². The lowest BCUT2D eigenvalue weighted by Crippen LogP contribution is -2.26. The second kappa shape index (κ2) is 7.84. The van der Waals surface area contributed by atoms with Crippen LogP contribution in [0.5, 0.6) is 6.01 Å². The quantitative estimate of drug-likeness (QED) is 0.795. The fraction of sp³-hybridized carbons (Fsp3) is 0.556. The number of nitrogens with zero attached hydrogens (tertiary/aromatic N) is 6. The highest BCUT2D eigenvalue weighted by Gasteiger charge is 2.29. The first-order valence-corrected chi connectivity index (χ1v) is 8.63. The maximum absolute atomic E-state index is 5.04. The molecule has 0 saturated carbocycles. The smallest absolute Gasteiger partial charge is 0.316 e. The third-order valence-corrected chi connectivity index (χ3v) is 4.43. The predicted molar refractivity (Wildman–Crippen MR) is 95.1 cm³/mol. The molecule has 0 radical (unpaired) electrons. The van der Waals surface area contributed by atoms with E-state index in [0.29, 0.717) is 12.1 Å². The van der Waals surface area contributed by atoms with E-state index in [-0.39, 0.29) is 0 Å². The molecule has 0 N–H and O–H groups in total. The van der Waals surface area contributed by atoms with Gasteiger partial charge in [-0.2, -0.15) is 0 Å². The molecule has 1 fully saturated rings. The van der Waals surface area contributed by atoms with Crippen LogP contribution in [0.3, 0.4) is 0 Å². The summed E-state index contributed by atoms with van der Waals surface area (Å²) in [6, 6.07) is 0.722. The average Bonchev–Trinajstić information content (AvgIpc) is 3.05. The van der Waals surface area contributed by atoms with Gasteiger partial charge in [-0.3, -0.25) is 4.90 Å². The zero-order valence-corrected chi connectivity index (χ0v) is 15.4. The van der Waals surface area contributed by atoms with Crippen molar-refractivity contribution in [1.29, 1.82) is 0 Å². The molecule has 3 rings (SSSR count). The van der Waals surface area contributed by atoms with Gasteiger partial charge in [-0.1, -0.05) is 0 Å². The van der Waals surface area contributed by atoms with Crippen LogP contribution in [0.4, 0.5) is 0 Å². The van der Waals surface area contributed by atoms with Gasteiger partial charge in [-0.25, -0.2) is 19.9 Å². The monoisotopic (exact) mass is 342 g/mol. The Morgan fingerprint density at radius 1 is 1.20 bits per heavy atom. The van der Waals surface area contributed by atoms with E-state index in [0.717, 1.165) is 43.1 Å². The van der Waals surface area contributed by atoms with Gasteiger partial charge < -0.3 is 9.64 Å². The Bertz CT molecular complexity index is 703. The maximum Gasteiger partial charge on any atom is 0.316 e. The number of aryl methyl sites for hydroxylation is 1. The molecule has 0 amide bonds. The summed E-state index contributed by atoms with van der Waals surface area (Å²) in [6.45, 7) is 4.69. The number of ether oxygens (including phenoxy) is 1. The van der Waals surface area contributed by atoms with Crippen LogP contribution in [0, 0.1) is 6.92 Å². The van der Waals surface area contributed by atoms with Crippen molar-refractivity contribution in [1.82, 2.24) is 29.7 Å². The minimum atomic E-state index is 0.318. The average molecular weight is 342 g/mol. The summed E-state index contributed by atoms with van der Waals surface area (Å²) in [7, 11) is 5.73. The summed E-state index contributed by atoms with van der Waals surface area (Å²) in [6.07, 6.45) is 7.95. The van der Waals surface area contributed by atoms with Gasteiger partial charge in [0.05, 0.1) is 18.8 Å². The van der Waals surface area contributed by atoms with E-state index in [9.17, 15) is 0 Å². The van der Waals surface area contributed by atoms with Crippen molar-refractivity contribution in [2.75, 3.05) is 27.7 Å². The highest BCUT2D eigenvalue weighted by atomic mass is 16.5. The van der Waals surface area contributed by atoms with Crippen molar-refractivity contribution in [2.45, 2.75) is 38.9 Å². The van der Waals surface area contributed by atoms with E-state index in [2.05, 4.69) is 38.8 Å². The molecule has 7 nitrogen and oxygen atoms in total. The summed E-state index contributed by atoms with van der Waals surface area (Å²) in [5, 5.41) is 0. The van der Waals surface area contributed by atoms with Crippen LogP contribution in [0.2, 0.25) is 0 Å². The molecule has 0 spiro atoms. The maximum atomic E-state index is 5.04. The van der Waals surface area contributed by atoms with Crippen LogP contribution in [-0.2, 0) is 13.1 Å². The molecule has 2 aromatic rings. The number of rotatable bonds is 6. The molecular formula is C18H26N6O. The number of hydrogen-bond donors (Lipinski definition) is 0. The molecule has 3 heterocycles. The normalized spacial score (nSPS) is 18.0. The van der Waals surface area contributed by atoms with E-state index in [1.807, 2.05) is 25.5 Å². The zero-order valence-electron chi connectivity index (χ0n) is 15.4. The largest absolute Gasteiger partial charge is 0.467 e. The molecule has 134 valence electrons. The van der Waals surface area contributed by atoms with Gasteiger partial charge in [0.25, 0.3) is 0 Å². The van der Waals surface area contributed by atoms with Crippen LogP contribution in [-0.4, -0.2) is 57.5 Å². The second-order valence-corrected chi connectivity index (χ2v) is 6.77. The van der Waals surface area contributed by atoms with E-state index in [4.69, 9.17) is 9.72 Å². The van der Waals surface area contributed by atoms with Crippen molar-refractivity contribution in [3.8, 4) is 6.01 Å². The second-order valence-electron chi connectivity index (χ2n) is 6.77. The standard InChI is InChI=1S/C18H26N6O/c1-13-19-10-15(12-23(2)3)17(22-13)16-6-5-7-24(16)11-14-8-20-18(25-4)21-9-14/h8-10,16H,5-7,11-12H2,1-4H3/t16-/m0/s1. The Labute approximate surface area is 149 Å². The molecule has 0 unspecified atom stereocenters. The summed E-state index contributed by atoms with van der Waals surface area (Å²) < 4.78 is 5.04. The SMILES string of the molecule is COc1ncc(CN2CCC[C@H]2c2nc(C)ncc2CN(C)C)cn1. The number of aromatic nitrogens is 4. The van der Waals surface area contributed by atoms with Gasteiger partial charge in [0, 0.05) is 42.8 Å². The molecule has 0 aromatic carbocycles. The molecule has 2 aromatic heterocycles. The van der Waals surface area contributed by atoms with Crippen molar-refractivity contribution < 1.29 is 4.74 Å². The summed E-state index contributed by atoms with van der Waals surface area (Å²) in [5.74, 6) is 0.831. The fourth-order valence-electron chi connectivity index (χ4n) is 3.35. The van der Waals surface area contributed by atoms with Crippen molar-refractivity contribution in [3.05, 3.63) is 41.2 Å². The molecule has 7 heteroatoms. The highest BCUT2D eigenvalue weighted by Crippen LogP contribution is 2.34. The van der Waals surface area contributed by atoms with E-state index >= 15 is 0 Å². The molecule has 1 aliphatic rings. The first-order valence-electron chi connectivity index (χ1n) is 8.63. The van der Waals surface area contributed by atoms with Gasteiger partial charge in [0.1, 0.15) is 5.82 Å². The molecule has 1 saturated heterocycles. The van der Waals surface area contributed by atoms with Crippen LogP contribution in [0.25, 0.3) is 0 Å². The molecule has 0 aliphatic carbocycles. The lowest BCUT2D eigenvalue weighted by molar-refractivity contribution is 0.240. The first-order chi connectivity index (χ1) is 12.1. The topological polar surface area (TPSA) is 67.3 Å². The minimum absolute atomic E-state index is 0.318. The Morgan fingerprint density at radius 2 is 1.96 bits per heavy atom. The third-order valence-electron chi connectivity index (χ3n) is 4.43. The molecule has 1 aliphatic heterocycles. The van der Waals surface area contributed by atoms with E-state index in [1.165, 1.54) is 12.0 Å². The highest BCUT2D eigenvalue weighted by molar-refractivity contribution is 5.23. The van der Waals surface area contributed by atoms with E-state index < -0.39 is 0 Å². The minimum Gasteiger partial charge on any atom is -0.467 e. The van der Waals surface area contributed by atoms with Gasteiger partial charge >= 0.3 is 6.01 Å². The van der Waals surface area contributed by atoms with Gasteiger partial charge in [-0.15, -0.1) is 0 Å². The van der Waals surface area contributed by atoms with Crippen molar-refractivity contribution in [3.63, 3.8) is 0 Å². The van der Waals surface area contributed by atoms with Crippen LogP contribution < -0.4 is 4.74 Å². The van der Waals surface area contributed by atoms with E-state index in [1.54, 1.807) is 7.11 Å². The Kier molecular flexibility index (Phi) is 5.55. The van der Waals surface area contributed by atoms with Crippen molar-refractivity contribution in [2.24, 2.45) is 0 Å². The van der Waals surface area contributed by atoms with Crippen LogP contribution in [0.1, 0.15) is 41.5 Å². The Balaban J connectivity index is 1.82. The molecule has 25 heavy (non-hydrogen) atoms. The lowest BCUT2D eigenvalue weighted by atomic mass is 10.1. The number of likely N-dealkylation sites (tertiary alicyclic amines) is 1. The zero-order chi connectivity index (χ0) is 17.8. The summed E-state index contributed by atoms with van der Waals surface area (Å²) >= 11 is 0. The van der Waals surface area contributed by atoms with Gasteiger partial charge in [-0.05, 0) is 40.4 Å². The van der Waals surface area contributed by atoms with Crippen LogP contribution >= 0.6 is 0 Å². The van der Waals surface area contributed by atoms with Crippen molar-refractivity contribution >= 4 is 0 Å². The number of hydrogen-bond acceptors (Lipinski definition) is 7. The molecule has 1 atom stereocenters. The summed E-state index contributed by atoms with van der Waals surface area (Å²) in [4.78, 5) is 22.3. The fourth-order valence-corrected chi connectivity index (χ4v) is 3.35. The Morgan fingerprint density at radius 3 is 2.64 bits per heavy atom. The lowest BCUT2D eigenvalue weighted by Gasteiger charge is -2.26. The van der Waals surface area contributed by atoms with Gasteiger partial charge in [0.15, 0.2) is 0 Å². The first kappa shape index (κ1) is 17.7. The molecule has 0 bridgehead atoms.